The second kappa shape index (κ2) is 4.60. The lowest BCUT2D eigenvalue weighted by molar-refractivity contribution is -0.138. The minimum atomic E-state index is -4.86. The van der Waals surface area contributed by atoms with Gasteiger partial charge in [-0.3, -0.25) is 9.78 Å². The van der Waals surface area contributed by atoms with Crippen LogP contribution in [0.15, 0.2) is 6.20 Å². The number of halogens is 6. The Kier molecular flexibility index (Phi) is 3.81. The van der Waals surface area contributed by atoms with Gasteiger partial charge in [0.1, 0.15) is 5.69 Å². The topological polar surface area (TPSA) is 30.0 Å². The molecule has 0 unspecified atom stereocenters. The third-order valence-electron chi connectivity index (χ3n) is 1.71. The van der Waals surface area contributed by atoms with E-state index in [1.165, 1.54) is 22.6 Å². The van der Waals surface area contributed by atoms with E-state index in [0.29, 0.717) is 6.20 Å². The van der Waals surface area contributed by atoms with E-state index in [2.05, 4.69) is 4.98 Å². The highest BCUT2D eigenvalue weighted by Crippen LogP contribution is 2.37. The molecule has 2 nitrogen and oxygen atoms in total. The normalized spacial score (nSPS) is 11.9. The summed E-state index contributed by atoms with van der Waals surface area (Å²) in [6.07, 6.45) is -7.67. The van der Waals surface area contributed by atoms with Gasteiger partial charge < -0.3 is 0 Å². The number of hydrogen-bond acceptors (Lipinski definition) is 2. The molecule has 0 aliphatic rings. The van der Waals surface area contributed by atoms with Crippen molar-refractivity contribution in [2.24, 2.45) is 0 Å². The summed E-state index contributed by atoms with van der Waals surface area (Å²) in [5, 5.41) is 0. The smallest absolute Gasteiger partial charge is 0.298 e. The van der Waals surface area contributed by atoms with Gasteiger partial charge in [-0.25, -0.2) is 8.78 Å². The van der Waals surface area contributed by atoms with Crippen LogP contribution in [0.4, 0.5) is 22.0 Å². The quantitative estimate of drug-likeness (QED) is 0.464. The van der Waals surface area contributed by atoms with Crippen molar-refractivity contribution in [1.29, 1.82) is 0 Å². The summed E-state index contributed by atoms with van der Waals surface area (Å²) in [5.41, 5.74) is -3.62. The molecule has 1 aromatic rings. The van der Waals surface area contributed by atoms with Gasteiger partial charge in [0.05, 0.1) is 11.1 Å². The van der Waals surface area contributed by atoms with Crippen LogP contribution >= 0.6 is 22.6 Å². The van der Waals surface area contributed by atoms with E-state index in [0.717, 1.165) is 0 Å². The van der Waals surface area contributed by atoms with Crippen molar-refractivity contribution >= 4 is 28.9 Å². The van der Waals surface area contributed by atoms with Crippen molar-refractivity contribution in [3.05, 3.63) is 26.6 Å². The van der Waals surface area contributed by atoms with Crippen LogP contribution in [-0.4, -0.2) is 11.3 Å². The molecule has 0 radical (unpaired) electrons. The largest absolute Gasteiger partial charge is 0.418 e. The average molecular weight is 351 g/mol. The third kappa shape index (κ3) is 2.47. The van der Waals surface area contributed by atoms with Crippen molar-refractivity contribution in [3.8, 4) is 0 Å². The first-order valence-electron chi connectivity index (χ1n) is 3.78. The monoisotopic (exact) mass is 351 g/mol. The van der Waals surface area contributed by atoms with Gasteiger partial charge in [-0.2, -0.15) is 13.2 Å². The summed E-state index contributed by atoms with van der Waals surface area (Å²) in [6.45, 7) is 0. The fourth-order valence-corrected chi connectivity index (χ4v) is 1.83. The molecule has 1 aromatic heterocycles. The SMILES string of the molecule is O=Cc1c(C(F)F)ncc(I)c1C(F)(F)F. The van der Waals surface area contributed by atoms with Crippen molar-refractivity contribution < 1.29 is 26.7 Å². The molecule has 0 saturated carbocycles. The molecule has 0 amide bonds. The third-order valence-corrected chi connectivity index (χ3v) is 2.53. The molecule has 0 aliphatic carbocycles. The molecule has 88 valence electrons. The van der Waals surface area contributed by atoms with Gasteiger partial charge in [0, 0.05) is 9.77 Å². The van der Waals surface area contributed by atoms with E-state index in [-0.39, 0.29) is 6.29 Å². The Hall–Kier alpha value is -0.800. The first kappa shape index (κ1) is 13.3. The van der Waals surface area contributed by atoms with Crippen molar-refractivity contribution in [3.63, 3.8) is 0 Å². The van der Waals surface area contributed by atoms with Gasteiger partial charge in [0.25, 0.3) is 6.43 Å². The molecule has 0 aliphatic heterocycles. The lowest BCUT2D eigenvalue weighted by Gasteiger charge is -2.13. The molecule has 8 heteroatoms. The Bertz CT molecular complexity index is 418. The molecule has 0 N–H and O–H groups in total. The first-order valence-corrected chi connectivity index (χ1v) is 4.85. The number of nitrogens with zero attached hydrogens (tertiary/aromatic N) is 1. The van der Waals surface area contributed by atoms with E-state index in [1.54, 1.807) is 0 Å². The van der Waals surface area contributed by atoms with Gasteiger partial charge in [-0.05, 0) is 22.6 Å². The Morgan fingerprint density at radius 1 is 1.38 bits per heavy atom. The maximum absolute atomic E-state index is 12.5. The molecule has 16 heavy (non-hydrogen) atoms. The molecule has 1 rings (SSSR count). The van der Waals surface area contributed by atoms with Crippen LogP contribution in [0.25, 0.3) is 0 Å². The Labute approximate surface area is 100.0 Å². The Morgan fingerprint density at radius 2 is 1.94 bits per heavy atom. The maximum atomic E-state index is 12.5. The Morgan fingerprint density at radius 3 is 2.31 bits per heavy atom. The zero-order valence-corrected chi connectivity index (χ0v) is 9.51. The van der Waals surface area contributed by atoms with E-state index < -0.39 is 33.0 Å². The summed E-state index contributed by atoms with van der Waals surface area (Å²) in [7, 11) is 0. The van der Waals surface area contributed by atoms with Crippen LogP contribution in [0.1, 0.15) is 28.0 Å². The minimum absolute atomic E-state index is 0.251. The summed E-state index contributed by atoms with van der Waals surface area (Å²) in [4.78, 5) is 13.6. The van der Waals surface area contributed by atoms with Gasteiger partial charge in [-0.1, -0.05) is 0 Å². The lowest BCUT2D eigenvalue weighted by atomic mass is 10.1. The first-order chi connectivity index (χ1) is 7.29. The molecule has 0 bridgehead atoms. The summed E-state index contributed by atoms with van der Waals surface area (Å²) >= 11 is 1.29. The van der Waals surface area contributed by atoms with Gasteiger partial charge in [0.15, 0.2) is 6.29 Å². The minimum Gasteiger partial charge on any atom is -0.298 e. The Balaban J connectivity index is 3.57. The van der Waals surface area contributed by atoms with E-state index >= 15 is 0 Å². The second-order valence-corrected chi connectivity index (χ2v) is 3.86. The number of hydrogen-bond donors (Lipinski definition) is 0. The standard InChI is InChI=1S/C8H3F5INO/c9-7(10)6-3(2-16)5(8(11,12)13)4(14)1-15-6/h1-2,7H. The summed E-state index contributed by atoms with van der Waals surface area (Å²) < 4.78 is 61.8. The average Bonchev–Trinajstić information content (AvgIpc) is 2.14. The molecule has 0 aromatic carbocycles. The highest BCUT2D eigenvalue weighted by Gasteiger charge is 2.38. The van der Waals surface area contributed by atoms with Crippen molar-refractivity contribution in [2.45, 2.75) is 12.6 Å². The highest BCUT2D eigenvalue weighted by atomic mass is 127. The number of alkyl halides is 5. The van der Waals surface area contributed by atoms with E-state index in [4.69, 9.17) is 0 Å². The van der Waals surface area contributed by atoms with Crippen LogP contribution in [0.2, 0.25) is 0 Å². The molecular weight excluding hydrogens is 348 g/mol. The molecular formula is C8H3F5INO. The van der Waals surface area contributed by atoms with Crippen LogP contribution in [0.5, 0.6) is 0 Å². The van der Waals surface area contributed by atoms with Gasteiger partial charge >= 0.3 is 6.18 Å². The molecule has 0 spiro atoms. The molecule has 0 atom stereocenters. The van der Waals surface area contributed by atoms with E-state index in [1.807, 2.05) is 0 Å². The zero-order valence-electron chi connectivity index (χ0n) is 7.36. The van der Waals surface area contributed by atoms with Crippen LogP contribution in [-0.2, 0) is 6.18 Å². The zero-order chi connectivity index (χ0) is 12.5. The lowest BCUT2D eigenvalue weighted by Crippen LogP contribution is -2.15. The highest BCUT2D eigenvalue weighted by molar-refractivity contribution is 14.1. The number of carbonyl (C=O) groups excluding carboxylic acids is 1. The predicted molar refractivity (Wildman–Crippen MR) is 52.3 cm³/mol. The van der Waals surface area contributed by atoms with Crippen LogP contribution in [0, 0.1) is 3.57 Å². The second-order valence-electron chi connectivity index (χ2n) is 2.70. The van der Waals surface area contributed by atoms with Crippen LogP contribution in [0.3, 0.4) is 0 Å². The van der Waals surface area contributed by atoms with E-state index in [9.17, 15) is 26.7 Å². The maximum Gasteiger partial charge on any atom is 0.418 e. The van der Waals surface area contributed by atoms with Crippen LogP contribution < -0.4 is 0 Å². The van der Waals surface area contributed by atoms with Crippen molar-refractivity contribution in [2.75, 3.05) is 0 Å². The summed E-state index contributed by atoms with van der Waals surface area (Å²) in [5.74, 6) is 0. The fraction of sp³-hybridized carbons (Fsp3) is 0.250. The van der Waals surface area contributed by atoms with Crippen molar-refractivity contribution in [1.82, 2.24) is 4.98 Å². The number of pyridine rings is 1. The van der Waals surface area contributed by atoms with Gasteiger partial charge in [-0.15, -0.1) is 0 Å². The fourth-order valence-electron chi connectivity index (χ4n) is 1.10. The predicted octanol–water partition coefficient (Wildman–Crippen LogP) is 3.46. The number of rotatable bonds is 2. The molecule has 1 heterocycles. The molecule has 0 fully saturated rings. The summed E-state index contributed by atoms with van der Waals surface area (Å²) in [6, 6.07) is 0. The van der Waals surface area contributed by atoms with Gasteiger partial charge in [0.2, 0.25) is 0 Å². The molecule has 0 saturated heterocycles. The number of aldehydes is 1. The number of aromatic nitrogens is 1. The number of carbonyl (C=O) groups is 1.